The average molecular weight is 328 g/mol. The minimum Gasteiger partial charge on any atom is -0.508 e. The van der Waals surface area contributed by atoms with Gasteiger partial charge in [0.25, 0.3) is 0 Å². The van der Waals surface area contributed by atoms with Gasteiger partial charge in [0.2, 0.25) is 0 Å². The molecule has 0 saturated carbocycles. The lowest BCUT2D eigenvalue weighted by Crippen LogP contribution is -2.22. The zero-order valence-corrected chi connectivity index (χ0v) is 14.2. The van der Waals surface area contributed by atoms with Crippen molar-refractivity contribution in [1.82, 2.24) is 0 Å². The van der Waals surface area contributed by atoms with E-state index in [4.69, 9.17) is 9.84 Å². The van der Waals surface area contributed by atoms with Crippen molar-refractivity contribution < 1.29 is 19.7 Å². The van der Waals surface area contributed by atoms with Crippen LogP contribution in [-0.2, 0) is 10.2 Å². The van der Waals surface area contributed by atoms with Crippen molar-refractivity contribution in [1.29, 1.82) is 0 Å². The summed E-state index contributed by atoms with van der Waals surface area (Å²) in [7, 11) is 0. The van der Waals surface area contributed by atoms with Crippen molar-refractivity contribution in [3.05, 3.63) is 59.7 Å². The Morgan fingerprint density at radius 3 is 2.08 bits per heavy atom. The molecule has 4 heteroatoms. The van der Waals surface area contributed by atoms with Gasteiger partial charge >= 0.3 is 5.97 Å². The Labute approximate surface area is 142 Å². The van der Waals surface area contributed by atoms with Gasteiger partial charge in [-0.15, -0.1) is 0 Å². The molecule has 2 rings (SSSR count). The summed E-state index contributed by atoms with van der Waals surface area (Å²) >= 11 is 0. The van der Waals surface area contributed by atoms with Crippen LogP contribution in [0.4, 0.5) is 0 Å². The molecule has 0 radical (unpaired) electrons. The third kappa shape index (κ3) is 4.28. The van der Waals surface area contributed by atoms with Crippen molar-refractivity contribution in [3.8, 4) is 11.5 Å². The highest BCUT2D eigenvalue weighted by atomic mass is 16.5. The van der Waals surface area contributed by atoms with Gasteiger partial charge in [0.1, 0.15) is 11.5 Å². The van der Waals surface area contributed by atoms with Crippen molar-refractivity contribution in [3.63, 3.8) is 0 Å². The van der Waals surface area contributed by atoms with Crippen LogP contribution in [0.2, 0.25) is 0 Å². The van der Waals surface area contributed by atoms with E-state index in [2.05, 4.69) is 13.8 Å². The Kier molecular flexibility index (Phi) is 5.85. The van der Waals surface area contributed by atoms with Crippen molar-refractivity contribution in [2.24, 2.45) is 0 Å². The molecule has 2 aromatic carbocycles. The molecule has 0 fully saturated rings. The molecule has 128 valence electrons. The molecule has 0 heterocycles. The summed E-state index contributed by atoms with van der Waals surface area (Å²) in [6.45, 7) is 4.72. The summed E-state index contributed by atoms with van der Waals surface area (Å²) in [5, 5.41) is 18.1. The number of hydrogen-bond donors (Lipinski definition) is 2. The number of phenolic OH excluding ortho intramolecular Hbond substituents is 1. The molecule has 1 unspecified atom stereocenters. The third-order valence-electron chi connectivity index (χ3n) is 4.51. The maximum Gasteiger partial charge on any atom is 0.303 e. The number of ether oxygens (including phenoxy) is 1. The topological polar surface area (TPSA) is 66.8 Å². The van der Waals surface area contributed by atoms with Crippen molar-refractivity contribution in [2.45, 2.75) is 38.5 Å². The summed E-state index contributed by atoms with van der Waals surface area (Å²) < 4.78 is 5.58. The molecule has 0 amide bonds. The van der Waals surface area contributed by atoms with Gasteiger partial charge < -0.3 is 14.9 Å². The molecule has 2 aromatic rings. The van der Waals surface area contributed by atoms with Crippen LogP contribution in [0.5, 0.6) is 11.5 Å². The first-order chi connectivity index (χ1) is 11.5. The number of benzene rings is 2. The van der Waals surface area contributed by atoms with Crippen LogP contribution in [-0.4, -0.2) is 22.8 Å². The molecule has 0 aliphatic carbocycles. The normalized spacial score (nSPS) is 13.2. The SMILES string of the molecule is CCC(C)(c1ccc(O)cc1)c1ccc(OCCCC(=O)O)cc1. The fourth-order valence-corrected chi connectivity index (χ4v) is 2.74. The van der Waals surface area contributed by atoms with Gasteiger partial charge in [0.15, 0.2) is 0 Å². The Morgan fingerprint density at radius 1 is 1.04 bits per heavy atom. The van der Waals surface area contributed by atoms with E-state index in [1.807, 2.05) is 36.4 Å². The molecule has 1 atom stereocenters. The second-order valence-corrected chi connectivity index (χ2v) is 6.10. The Hall–Kier alpha value is -2.49. The summed E-state index contributed by atoms with van der Waals surface area (Å²) in [6, 6.07) is 15.3. The largest absolute Gasteiger partial charge is 0.508 e. The first kappa shape index (κ1) is 17.9. The minimum absolute atomic E-state index is 0.118. The van der Waals surface area contributed by atoms with Crippen LogP contribution in [0.15, 0.2) is 48.5 Å². The van der Waals surface area contributed by atoms with Gasteiger partial charge in [-0.1, -0.05) is 38.1 Å². The molecule has 0 aromatic heterocycles. The van der Waals surface area contributed by atoms with E-state index in [0.29, 0.717) is 13.0 Å². The molecule has 0 bridgehead atoms. The zero-order chi connectivity index (χ0) is 17.6. The molecule has 2 N–H and O–H groups in total. The second kappa shape index (κ2) is 7.86. The molecule has 24 heavy (non-hydrogen) atoms. The van der Waals surface area contributed by atoms with Gasteiger partial charge in [-0.25, -0.2) is 0 Å². The lowest BCUT2D eigenvalue weighted by molar-refractivity contribution is -0.137. The number of aromatic hydroxyl groups is 1. The van der Waals surface area contributed by atoms with Crippen LogP contribution in [0.1, 0.15) is 44.2 Å². The van der Waals surface area contributed by atoms with E-state index in [1.165, 1.54) is 5.56 Å². The van der Waals surface area contributed by atoms with Crippen LogP contribution in [0.3, 0.4) is 0 Å². The Balaban J connectivity index is 2.09. The number of carbonyl (C=O) groups is 1. The number of rotatable bonds is 8. The van der Waals surface area contributed by atoms with E-state index in [-0.39, 0.29) is 17.6 Å². The summed E-state index contributed by atoms with van der Waals surface area (Å²) in [5.74, 6) is 0.206. The maximum atomic E-state index is 10.5. The summed E-state index contributed by atoms with van der Waals surface area (Å²) in [4.78, 5) is 10.5. The smallest absolute Gasteiger partial charge is 0.303 e. The monoisotopic (exact) mass is 328 g/mol. The number of phenols is 1. The minimum atomic E-state index is -0.804. The van der Waals surface area contributed by atoms with E-state index in [1.54, 1.807) is 12.1 Å². The predicted octanol–water partition coefficient (Wildman–Crippen LogP) is 4.35. The summed E-state index contributed by atoms with van der Waals surface area (Å²) in [5.41, 5.74) is 2.18. The van der Waals surface area contributed by atoms with Gasteiger partial charge in [-0.2, -0.15) is 0 Å². The van der Waals surface area contributed by atoms with Crippen molar-refractivity contribution >= 4 is 5.97 Å². The number of carboxylic acids is 1. The maximum absolute atomic E-state index is 10.5. The van der Waals surface area contributed by atoms with Crippen LogP contribution < -0.4 is 4.74 Å². The lowest BCUT2D eigenvalue weighted by atomic mass is 9.74. The van der Waals surface area contributed by atoms with Gasteiger partial charge in [0.05, 0.1) is 6.61 Å². The molecule has 0 spiro atoms. The lowest BCUT2D eigenvalue weighted by Gasteiger charge is -2.30. The zero-order valence-electron chi connectivity index (χ0n) is 14.2. The first-order valence-corrected chi connectivity index (χ1v) is 8.20. The van der Waals surface area contributed by atoms with Crippen LogP contribution in [0, 0.1) is 0 Å². The van der Waals surface area contributed by atoms with Crippen molar-refractivity contribution in [2.75, 3.05) is 6.61 Å². The van der Waals surface area contributed by atoms with E-state index >= 15 is 0 Å². The number of hydrogen-bond acceptors (Lipinski definition) is 3. The highest BCUT2D eigenvalue weighted by Gasteiger charge is 2.26. The van der Waals surface area contributed by atoms with Gasteiger partial charge in [-0.3, -0.25) is 4.79 Å². The molecular formula is C20H24O4. The van der Waals surface area contributed by atoms with E-state index < -0.39 is 5.97 Å². The Morgan fingerprint density at radius 2 is 1.58 bits per heavy atom. The highest BCUT2D eigenvalue weighted by molar-refractivity contribution is 5.66. The molecule has 4 nitrogen and oxygen atoms in total. The van der Waals surface area contributed by atoms with E-state index in [9.17, 15) is 9.90 Å². The second-order valence-electron chi connectivity index (χ2n) is 6.10. The first-order valence-electron chi connectivity index (χ1n) is 8.20. The molecule has 0 aliphatic heterocycles. The predicted molar refractivity (Wildman–Crippen MR) is 93.7 cm³/mol. The summed E-state index contributed by atoms with van der Waals surface area (Å²) in [6.07, 6.45) is 1.54. The number of carboxylic acid groups (broad SMARTS) is 1. The quantitative estimate of drug-likeness (QED) is 0.707. The Bertz CT molecular complexity index is 661. The standard InChI is InChI=1S/C20H24O4/c1-3-20(2,15-6-10-17(21)11-7-15)16-8-12-18(13-9-16)24-14-4-5-19(22)23/h6-13,21H,3-5,14H2,1-2H3,(H,22,23). The fourth-order valence-electron chi connectivity index (χ4n) is 2.74. The fraction of sp³-hybridized carbons (Fsp3) is 0.350. The molecule has 0 aliphatic rings. The highest BCUT2D eigenvalue weighted by Crippen LogP contribution is 2.36. The molecule has 0 saturated heterocycles. The number of aliphatic carboxylic acids is 1. The molecular weight excluding hydrogens is 304 g/mol. The van der Waals surface area contributed by atoms with E-state index in [0.717, 1.165) is 17.7 Å². The van der Waals surface area contributed by atoms with Gasteiger partial charge in [0, 0.05) is 11.8 Å². The van der Waals surface area contributed by atoms with Crippen LogP contribution >= 0.6 is 0 Å². The average Bonchev–Trinajstić information content (AvgIpc) is 2.59. The van der Waals surface area contributed by atoms with Gasteiger partial charge in [-0.05, 0) is 48.2 Å². The van der Waals surface area contributed by atoms with Crippen LogP contribution in [0.25, 0.3) is 0 Å². The third-order valence-corrected chi connectivity index (χ3v) is 4.51.